The molecule has 1 aromatic heterocycles. The summed E-state index contributed by atoms with van der Waals surface area (Å²) in [5.74, 6) is -1.07. The van der Waals surface area contributed by atoms with Crippen LogP contribution >= 0.6 is 11.6 Å². The summed E-state index contributed by atoms with van der Waals surface area (Å²) < 4.78 is 32.3. The first-order valence-electron chi connectivity index (χ1n) is 9.57. The SMILES string of the molecule is CCN(c1ccccc1)S(=O)(=O)c1ccc(C(=O)OCC(=O)Nc2ccc(Cl)cn2)cc1. The van der Waals surface area contributed by atoms with Crippen LogP contribution in [-0.4, -0.2) is 38.4 Å². The van der Waals surface area contributed by atoms with Gasteiger partial charge in [-0.25, -0.2) is 18.2 Å². The molecule has 0 bridgehead atoms. The normalized spacial score (nSPS) is 10.9. The third kappa shape index (κ3) is 5.63. The van der Waals surface area contributed by atoms with E-state index >= 15 is 0 Å². The van der Waals surface area contributed by atoms with Gasteiger partial charge in [-0.2, -0.15) is 0 Å². The van der Waals surface area contributed by atoms with Gasteiger partial charge in [0.25, 0.3) is 15.9 Å². The summed E-state index contributed by atoms with van der Waals surface area (Å²) >= 11 is 5.73. The van der Waals surface area contributed by atoms with Gasteiger partial charge in [0, 0.05) is 12.7 Å². The molecule has 8 nitrogen and oxygen atoms in total. The van der Waals surface area contributed by atoms with E-state index in [0.717, 1.165) is 0 Å². The highest BCUT2D eigenvalue weighted by Gasteiger charge is 2.24. The van der Waals surface area contributed by atoms with Crippen LogP contribution in [0.3, 0.4) is 0 Å². The average Bonchev–Trinajstić information content (AvgIpc) is 2.80. The van der Waals surface area contributed by atoms with E-state index in [1.807, 2.05) is 0 Å². The summed E-state index contributed by atoms with van der Waals surface area (Å²) in [6, 6.07) is 17.1. The molecule has 166 valence electrons. The first kappa shape index (κ1) is 23.2. The van der Waals surface area contributed by atoms with Crippen molar-refractivity contribution in [3.05, 3.63) is 83.5 Å². The summed E-state index contributed by atoms with van der Waals surface area (Å²) in [7, 11) is -3.81. The number of pyridine rings is 1. The van der Waals surface area contributed by atoms with Gasteiger partial charge in [-0.3, -0.25) is 9.10 Å². The van der Waals surface area contributed by atoms with Crippen molar-refractivity contribution in [1.29, 1.82) is 0 Å². The number of aromatic nitrogens is 1. The quantitative estimate of drug-likeness (QED) is 0.499. The van der Waals surface area contributed by atoms with Gasteiger partial charge in [0.05, 0.1) is 21.2 Å². The van der Waals surface area contributed by atoms with E-state index in [2.05, 4.69) is 10.3 Å². The van der Waals surface area contributed by atoms with E-state index in [1.54, 1.807) is 43.3 Å². The predicted octanol–water partition coefficient (Wildman–Crippen LogP) is 3.75. The summed E-state index contributed by atoms with van der Waals surface area (Å²) in [5.41, 5.74) is 0.656. The molecule has 10 heteroatoms. The number of para-hydroxylation sites is 1. The second-order valence-corrected chi connectivity index (χ2v) is 8.81. The summed E-state index contributed by atoms with van der Waals surface area (Å²) in [6.07, 6.45) is 1.37. The lowest BCUT2D eigenvalue weighted by Crippen LogP contribution is -2.30. The molecule has 0 unspecified atom stereocenters. The molecule has 2 aromatic carbocycles. The first-order chi connectivity index (χ1) is 15.3. The van der Waals surface area contributed by atoms with E-state index in [0.29, 0.717) is 10.7 Å². The smallest absolute Gasteiger partial charge is 0.338 e. The molecule has 0 atom stereocenters. The van der Waals surface area contributed by atoms with Gasteiger partial charge in [0.15, 0.2) is 6.61 Å². The highest BCUT2D eigenvalue weighted by molar-refractivity contribution is 7.92. The van der Waals surface area contributed by atoms with Crippen LogP contribution < -0.4 is 9.62 Å². The fourth-order valence-corrected chi connectivity index (χ4v) is 4.40. The molecule has 1 amide bonds. The fourth-order valence-electron chi connectivity index (χ4n) is 2.82. The largest absolute Gasteiger partial charge is 0.452 e. The summed E-state index contributed by atoms with van der Waals surface area (Å²) in [5, 5.41) is 2.89. The molecule has 1 heterocycles. The Morgan fingerprint density at radius 3 is 2.31 bits per heavy atom. The number of anilines is 2. The van der Waals surface area contributed by atoms with E-state index in [1.165, 1.54) is 40.8 Å². The van der Waals surface area contributed by atoms with Crippen molar-refractivity contribution in [3.8, 4) is 0 Å². The van der Waals surface area contributed by atoms with Crippen LogP contribution in [-0.2, 0) is 19.6 Å². The van der Waals surface area contributed by atoms with Gasteiger partial charge in [-0.15, -0.1) is 0 Å². The Hall–Kier alpha value is -3.43. The Morgan fingerprint density at radius 1 is 1.03 bits per heavy atom. The lowest BCUT2D eigenvalue weighted by Gasteiger charge is -2.22. The van der Waals surface area contributed by atoms with E-state index in [9.17, 15) is 18.0 Å². The molecular weight excluding hydrogens is 454 g/mol. The zero-order valence-electron chi connectivity index (χ0n) is 17.1. The summed E-state index contributed by atoms with van der Waals surface area (Å²) in [4.78, 5) is 28.1. The lowest BCUT2D eigenvalue weighted by atomic mass is 10.2. The Bertz CT molecular complexity index is 1180. The Balaban J connectivity index is 1.63. The van der Waals surface area contributed by atoms with Gasteiger partial charge in [-0.05, 0) is 55.5 Å². The zero-order chi connectivity index (χ0) is 23.1. The molecule has 0 saturated heterocycles. The van der Waals surface area contributed by atoms with Crippen molar-refractivity contribution in [3.63, 3.8) is 0 Å². The maximum absolute atomic E-state index is 13.0. The monoisotopic (exact) mass is 473 g/mol. The minimum atomic E-state index is -3.81. The molecular formula is C22H20ClN3O5S. The van der Waals surface area contributed by atoms with Crippen molar-refractivity contribution in [2.45, 2.75) is 11.8 Å². The van der Waals surface area contributed by atoms with Gasteiger partial charge < -0.3 is 10.1 Å². The maximum atomic E-state index is 13.0. The molecule has 0 radical (unpaired) electrons. The Morgan fingerprint density at radius 2 is 1.72 bits per heavy atom. The number of carbonyl (C=O) groups excluding carboxylic acids is 2. The zero-order valence-corrected chi connectivity index (χ0v) is 18.6. The van der Waals surface area contributed by atoms with Crippen LogP contribution in [0.25, 0.3) is 0 Å². The van der Waals surface area contributed by atoms with Crippen molar-refractivity contribution in [1.82, 2.24) is 4.98 Å². The van der Waals surface area contributed by atoms with Gasteiger partial charge in [0.1, 0.15) is 5.82 Å². The minimum Gasteiger partial charge on any atom is -0.452 e. The molecule has 3 rings (SSSR count). The molecule has 0 aliphatic rings. The van der Waals surface area contributed by atoms with Crippen LogP contribution in [0.5, 0.6) is 0 Å². The number of hydrogen-bond donors (Lipinski definition) is 1. The first-order valence-corrected chi connectivity index (χ1v) is 11.4. The van der Waals surface area contributed by atoms with Gasteiger partial charge in [0.2, 0.25) is 0 Å². The van der Waals surface area contributed by atoms with Crippen molar-refractivity contribution in [2.24, 2.45) is 0 Å². The Labute approximate surface area is 190 Å². The van der Waals surface area contributed by atoms with E-state index in [-0.39, 0.29) is 22.8 Å². The van der Waals surface area contributed by atoms with E-state index < -0.39 is 28.5 Å². The third-order valence-corrected chi connectivity index (χ3v) is 6.48. The van der Waals surface area contributed by atoms with Crippen LogP contribution in [0.2, 0.25) is 5.02 Å². The number of rotatable bonds is 8. The molecule has 1 N–H and O–H groups in total. The maximum Gasteiger partial charge on any atom is 0.338 e. The summed E-state index contributed by atoms with van der Waals surface area (Å²) in [6.45, 7) is 1.45. The van der Waals surface area contributed by atoms with Crippen LogP contribution in [0.1, 0.15) is 17.3 Å². The number of benzene rings is 2. The average molecular weight is 474 g/mol. The van der Waals surface area contributed by atoms with Crippen LogP contribution in [0.15, 0.2) is 77.8 Å². The number of esters is 1. The highest BCUT2D eigenvalue weighted by Crippen LogP contribution is 2.23. The number of nitrogens with zero attached hydrogens (tertiary/aromatic N) is 2. The number of sulfonamides is 1. The van der Waals surface area contributed by atoms with Crippen molar-refractivity contribution >= 4 is 45.0 Å². The molecule has 0 fully saturated rings. The number of halogens is 1. The minimum absolute atomic E-state index is 0.0336. The molecule has 0 saturated carbocycles. The predicted molar refractivity (Wildman–Crippen MR) is 121 cm³/mol. The Kier molecular flexibility index (Phi) is 7.45. The molecule has 32 heavy (non-hydrogen) atoms. The van der Waals surface area contributed by atoms with Crippen LogP contribution in [0.4, 0.5) is 11.5 Å². The molecule has 0 spiro atoms. The molecule has 0 aliphatic carbocycles. The number of carbonyl (C=O) groups is 2. The molecule has 0 aliphatic heterocycles. The number of nitrogens with one attached hydrogen (secondary N) is 1. The standard InChI is InChI=1S/C22H20ClN3O5S/c1-2-26(18-6-4-3-5-7-18)32(29,30)19-11-8-16(9-12-19)22(28)31-15-21(27)25-20-13-10-17(23)14-24-20/h3-14H,2,15H2,1H3,(H,24,25,27). The van der Waals surface area contributed by atoms with E-state index in [4.69, 9.17) is 16.3 Å². The lowest BCUT2D eigenvalue weighted by molar-refractivity contribution is -0.119. The van der Waals surface area contributed by atoms with Crippen molar-refractivity contribution in [2.75, 3.05) is 22.8 Å². The topological polar surface area (TPSA) is 106 Å². The number of amides is 1. The molecule has 3 aromatic rings. The third-order valence-electron chi connectivity index (χ3n) is 4.34. The van der Waals surface area contributed by atoms with Gasteiger partial charge >= 0.3 is 5.97 Å². The van der Waals surface area contributed by atoms with Crippen molar-refractivity contribution < 1.29 is 22.7 Å². The highest BCUT2D eigenvalue weighted by atomic mass is 35.5. The van der Waals surface area contributed by atoms with Crippen LogP contribution in [0, 0.1) is 0 Å². The van der Waals surface area contributed by atoms with Gasteiger partial charge in [-0.1, -0.05) is 29.8 Å². The number of hydrogen-bond acceptors (Lipinski definition) is 6. The fraction of sp³-hybridized carbons (Fsp3) is 0.136. The second-order valence-electron chi connectivity index (χ2n) is 6.52. The number of ether oxygens (including phenoxy) is 1. The second kappa shape index (κ2) is 10.3.